The van der Waals surface area contributed by atoms with Crippen molar-refractivity contribution in [3.05, 3.63) is 29.3 Å². The van der Waals surface area contributed by atoms with Crippen LogP contribution >= 0.6 is 0 Å². The molecule has 0 saturated carbocycles. The quantitative estimate of drug-likeness (QED) is 0.737. The zero-order chi connectivity index (χ0) is 12.8. The highest BCUT2D eigenvalue weighted by atomic mass is 16.5. The van der Waals surface area contributed by atoms with Crippen LogP contribution in [0.3, 0.4) is 0 Å². The average molecular weight is 236 g/mol. The summed E-state index contributed by atoms with van der Waals surface area (Å²) in [5, 5.41) is 0. The van der Waals surface area contributed by atoms with Crippen molar-refractivity contribution >= 4 is 5.97 Å². The number of benzene rings is 1. The van der Waals surface area contributed by atoms with E-state index in [-0.39, 0.29) is 18.5 Å². The summed E-state index contributed by atoms with van der Waals surface area (Å²) in [5.74, 6) is 0.578. The van der Waals surface area contributed by atoms with Gasteiger partial charge in [-0.3, -0.25) is 4.79 Å². The van der Waals surface area contributed by atoms with Crippen molar-refractivity contribution in [3.8, 4) is 5.75 Å². The van der Waals surface area contributed by atoms with Crippen LogP contribution in [-0.2, 0) is 9.53 Å². The highest BCUT2D eigenvalue weighted by Gasteiger charge is 2.05. The molecule has 94 valence electrons. The molecule has 1 aromatic rings. The van der Waals surface area contributed by atoms with Gasteiger partial charge in [0.15, 0.2) is 0 Å². The maximum atomic E-state index is 11.3. The molecule has 0 bridgehead atoms. The first-order valence-corrected chi connectivity index (χ1v) is 5.88. The number of hydrogen-bond acceptors (Lipinski definition) is 3. The second kappa shape index (κ2) is 6.28. The summed E-state index contributed by atoms with van der Waals surface area (Å²) >= 11 is 0. The third-order valence-corrected chi connectivity index (χ3v) is 2.42. The Labute approximate surface area is 103 Å². The van der Waals surface area contributed by atoms with Gasteiger partial charge in [0.1, 0.15) is 5.75 Å². The number of carbonyl (C=O) groups is 1. The van der Waals surface area contributed by atoms with E-state index in [1.807, 2.05) is 39.0 Å². The smallest absolute Gasteiger partial charge is 0.309 e. The minimum atomic E-state index is -0.219. The largest absolute Gasteiger partial charge is 0.493 e. The molecule has 17 heavy (non-hydrogen) atoms. The highest BCUT2D eigenvalue weighted by Crippen LogP contribution is 2.16. The molecule has 0 fully saturated rings. The van der Waals surface area contributed by atoms with Crippen LogP contribution in [0.5, 0.6) is 5.75 Å². The van der Waals surface area contributed by atoms with Gasteiger partial charge in [0.25, 0.3) is 0 Å². The zero-order valence-electron chi connectivity index (χ0n) is 10.9. The number of ether oxygens (including phenoxy) is 2. The summed E-state index contributed by atoms with van der Waals surface area (Å²) in [6, 6.07) is 5.90. The molecule has 0 amide bonds. The molecule has 0 aliphatic heterocycles. The standard InChI is InChI=1S/C14H20O3/c1-10(2)17-14(15)7-8-16-13-6-5-11(3)12(4)9-13/h5-6,9-10H,7-8H2,1-4H3. The number of aryl methyl sites for hydroxylation is 2. The molecule has 0 aliphatic rings. The molecule has 0 saturated heterocycles. The molecule has 0 unspecified atom stereocenters. The molecule has 0 spiro atoms. The lowest BCUT2D eigenvalue weighted by Gasteiger charge is -2.10. The Balaban J connectivity index is 2.36. The predicted molar refractivity (Wildman–Crippen MR) is 67.3 cm³/mol. The van der Waals surface area contributed by atoms with Crippen LogP contribution in [0.25, 0.3) is 0 Å². The van der Waals surface area contributed by atoms with Crippen LogP contribution in [0.1, 0.15) is 31.4 Å². The second-order valence-electron chi connectivity index (χ2n) is 4.38. The molecule has 1 aromatic carbocycles. The molecular weight excluding hydrogens is 216 g/mol. The summed E-state index contributed by atoms with van der Waals surface area (Å²) in [7, 11) is 0. The highest BCUT2D eigenvalue weighted by molar-refractivity contribution is 5.69. The van der Waals surface area contributed by atoms with E-state index in [1.165, 1.54) is 11.1 Å². The third kappa shape index (κ3) is 4.89. The Bertz CT molecular complexity index is 383. The summed E-state index contributed by atoms with van der Waals surface area (Å²) in [6.45, 7) is 8.12. The van der Waals surface area contributed by atoms with Crippen molar-refractivity contribution in [2.75, 3.05) is 6.61 Å². The molecule has 3 nitrogen and oxygen atoms in total. The van der Waals surface area contributed by atoms with Crippen LogP contribution < -0.4 is 4.74 Å². The normalized spacial score (nSPS) is 10.4. The van der Waals surface area contributed by atoms with E-state index in [0.717, 1.165) is 5.75 Å². The van der Waals surface area contributed by atoms with Gasteiger partial charge in [0.2, 0.25) is 0 Å². The van der Waals surface area contributed by atoms with Gasteiger partial charge >= 0.3 is 5.97 Å². The van der Waals surface area contributed by atoms with Gasteiger partial charge in [-0.05, 0) is 51.0 Å². The molecule has 0 radical (unpaired) electrons. The van der Waals surface area contributed by atoms with Crippen molar-refractivity contribution in [2.45, 2.75) is 40.2 Å². The zero-order valence-corrected chi connectivity index (χ0v) is 10.9. The summed E-state index contributed by atoms with van der Waals surface area (Å²) in [6.07, 6.45) is 0.217. The van der Waals surface area contributed by atoms with E-state index in [1.54, 1.807) is 0 Å². The SMILES string of the molecule is Cc1ccc(OCCC(=O)OC(C)C)cc1C. The number of hydrogen-bond donors (Lipinski definition) is 0. The lowest BCUT2D eigenvalue weighted by atomic mass is 10.1. The van der Waals surface area contributed by atoms with Gasteiger partial charge in [-0.15, -0.1) is 0 Å². The predicted octanol–water partition coefficient (Wildman–Crippen LogP) is 3.02. The minimum Gasteiger partial charge on any atom is -0.493 e. The van der Waals surface area contributed by atoms with E-state index in [2.05, 4.69) is 6.92 Å². The first kappa shape index (κ1) is 13.6. The molecular formula is C14H20O3. The fraction of sp³-hybridized carbons (Fsp3) is 0.500. The van der Waals surface area contributed by atoms with Crippen molar-refractivity contribution in [2.24, 2.45) is 0 Å². The van der Waals surface area contributed by atoms with E-state index in [0.29, 0.717) is 6.61 Å². The Kier molecular flexibility index (Phi) is 5.01. The van der Waals surface area contributed by atoms with Gasteiger partial charge in [0.05, 0.1) is 19.1 Å². The van der Waals surface area contributed by atoms with E-state index >= 15 is 0 Å². The number of esters is 1. The fourth-order valence-electron chi connectivity index (χ4n) is 1.38. The van der Waals surface area contributed by atoms with E-state index < -0.39 is 0 Å². The van der Waals surface area contributed by atoms with Gasteiger partial charge in [0, 0.05) is 0 Å². The molecule has 0 atom stereocenters. The molecule has 0 heterocycles. The summed E-state index contributed by atoms with van der Waals surface area (Å²) in [5.41, 5.74) is 2.42. The summed E-state index contributed by atoms with van der Waals surface area (Å²) in [4.78, 5) is 11.3. The minimum absolute atomic E-state index is 0.0656. The van der Waals surface area contributed by atoms with Crippen LogP contribution in [0.4, 0.5) is 0 Å². The monoisotopic (exact) mass is 236 g/mol. The summed E-state index contributed by atoms with van der Waals surface area (Å²) < 4.78 is 10.5. The van der Waals surface area contributed by atoms with E-state index in [9.17, 15) is 4.79 Å². The van der Waals surface area contributed by atoms with E-state index in [4.69, 9.17) is 9.47 Å². The molecule has 1 rings (SSSR count). The number of carbonyl (C=O) groups excluding carboxylic acids is 1. The Hall–Kier alpha value is -1.51. The molecule has 3 heteroatoms. The fourth-order valence-corrected chi connectivity index (χ4v) is 1.38. The first-order valence-electron chi connectivity index (χ1n) is 5.88. The second-order valence-corrected chi connectivity index (χ2v) is 4.38. The average Bonchev–Trinajstić information content (AvgIpc) is 2.22. The van der Waals surface area contributed by atoms with Gasteiger partial charge < -0.3 is 9.47 Å². The molecule has 0 aromatic heterocycles. The van der Waals surface area contributed by atoms with Gasteiger partial charge in [-0.2, -0.15) is 0 Å². The lowest BCUT2D eigenvalue weighted by Crippen LogP contribution is -2.14. The lowest BCUT2D eigenvalue weighted by molar-refractivity contribution is -0.147. The first-order chi connectivity index (χ1) is 7.99. The Morgan fingerprint density at radius 3 is 2.53 bits per heavy atom. The van der Waals surface area contributed by atoms with Crippen LogP contribution in [0, 0.1) is 13.8 Å². The Morgan fingerprint density at radius 1 is 1.24 bits per heavy atom. The van der Waals surface area contributed by atoms with Crippen LogP contribution in [0.2, 0.25) is 0 Å². The third-order valence-electron chi connectivity index (χ3n) is 2.42. The van der Waals surface area contributed by atoms with Crippen LogP contribution in [-0.4, -0.2) is 18.7 Å². The maximum Gasteiger partial charge on any atom is 0.309 e. The van der Waals surface area contributed by atoms with Crippen molar-refractivity contribution in [1.82, 2.24) is 0 Å². The van der Waals surface area contributed by atoms with Crippen molar-refractivity contribution < 1.29 is 14.3 Å². The topological polar surface area (TPSA) is 35.5 Å². The van der Waals surface area contributed by atoms with Gasteiger partial charge in [-0.25, -0.2) is 0 Å². The Morgan fingerprint density at radius 2 is 1.94 bits per heavy atom. The van der Waals surface area contributed by atoms with Crippen molar-refractivity contribution in [3.63, 3.8) is 0 Å². The van der Waals surface area contributed by atoms with Crippen LogP contribution in [0.15, 0.2) is 18.2 Å². The van der Waals surface area contributed by atoms with Crippen molar-refractivity contribution in [1.29, 1.82) is 0 Å². The molecule has 0 N–H and O–H groups in total. The molecule has 0 aliphatic carbocycles. The maximum absolute atomic E-state index is 11.3. The van der Waals surface area contributed by atoms with Gasteiger partial charge in [-0.1, -0.05) is 6.07 Å². The number of rotatable bonds is 5.